The average molecular weight is 223 g/mol. The molecule has 0 aliphatic carbocycles. The Bertz CT molecular complexity index is 325. The third-order valence-electron chi connectivity index (χ3n) is 1.91. The summed E-state index contributed by atoms with van der Waals surface area (Å²) in [5.74, 6) is 1.84. The van der Waals surface area contributed by atoms with Crippen LogP contribution in [0.3, 0.4) is 0 Å². The fourth-order valence-electron chi connectivity index (χ4n) is 1.18. The second kappa shape index (κ2) is 6.53. The molecule has 0 spiro atoms. The van der Waals surface area contributed by atoms with E-state index in [1.807, 2.05) is 25.2 Å². The third kappa shape index (κ3) is 4.40. The maximum Gasteiger partial charge on any atom is 0.119 e. The van der Waals surface area contributed by atoms with Crippen molar-refractivity contribution in [2.75, 3.05) is 26.5 Å². The van der Waals surface area contributed by atoms with Gasteiger partial charge in [0.1, 0.15) is 5.75 Å². The summed E-state index contributed by atoms with van der Waals surface area (Å²) in [4.78, 5) is 1.21. The van der Waals surface area contributed by atoms with E-state index in [-0.39, 0.29) is 0 Å². The summed E-state index contributed by atoms with van der Waals surface area (Å²) in [6, 6.07) is 8.08. The lowest BCUT2D eigenvalue weighted by molar-refractivity contribution is 0.413. The highest BCUT2D eigenvalue weighted by Gasteiger charge is 1.98. The minimum atomic E-state index is 0.872. The summed E-state index contributed by atoms with van der Waals surface area (Å²) in [5, 5.41) is 3.09. The molecule has 0 radical (unpaired) electrons. The highest BCUT2D eigenvalue weighted by atomic mass is 32.2. The molecule has 82 valence electrons. The first kappa shape index (κ1) is 12.1. The molecule has 0 atom stereocenters. The van der Waals surface area contributed by atoms with Gasteiger partial charge in [-0.05, 0) is 25.2 Å². The van der Waals surface area contributed by atoms with Gasteiger partial charge in [-0.3, -0.25) is 0 Å². The molecule has 0 aromatic heterocycles. The summed E-state index contributed by atoms with van der Waals surface area (Å²) in [7, 11) is 3.62. The van der Waals surface area contributed by atoms with E-state index in [1.54, 1.807) is 18.9 Å². The van der Waals surface area contributed by atoms with Gasteiger partial charge in [-0.1, -0.05) is 18.2 Å². The molecule has 0 saturated heterocycles. The van der Waals surface area contributed by atoms with Gasteiger partial charge >= 0.3 is 0 Å². The number of thioether (sulfide) groups is 1. The number of nitrogens with one attached hydrogen (secondary N) is 1. The first-order valence-corrected chi connectivity index (χ1v) is 5.83. The van der Waals surface area contributed by atoms with Crippen molar-refractivity contribution in [1.82, 2.24) is 5.32 Å². The molecule has 1 rings (SSSR count). The molecular formula is C12H17NOS. The van der Waals surface area contributed by atoms with Gasteiger partial charge in [0.2, 0.25) is 0 Å². The Morgan fingerprint density at radius 3 is 3.00 bits per heavy atom. The fourth-order valence-corrected chi connectivity index (χ4v) is 2.02. The lowest BCUT2D eigenvalue weighted by Gasteiger charge is -2.06. The van der Waals surface area contributed by atoms with Crippen molar-refractivity contribution in [1.29, 1.82) is 0 Å². The number of hydrogen-bond donors (Lipinski definition) is 1. The predicted octanol–water partition coefficient (Wildman–Crippen LogP) is 2.56. The van der Waals surface area contributed by atoms with Gasteiger partial charge in [-0.25, -0.2) is 0 Å². The standard InChI is InChI=1S/C12H17NOS/c1-10(8-13-2)9-15-12-6-4-5-11(7-12)14-3/h4-7,13H,1,8-9H2,2-3H3. The molecule has 1 N–H and O–H groups in total. The zero-order chi connectivity index (χ0) is 11.1. The van der Waals surface area contributed by atoms with Crippen LogP contribution in [0.15, 0.2) is 41.3 Å². The van der Waals surface area contributed by atoms with Crippen molar-refractivity contribution in [2.45, 2.75) is 4.90 Å². The van der Waals surface area contributed by atoms with E-state index in [0.717, 1.165) is 18.0 Å². The predicted molar refractivity (Wildman–Crippen MR) is 66.8 cm³/mol. The number of benzene rings is 1. The topological polar surface area (TPSA) is 21.3 Å². The van der Waals surface area contributed by atoms with Gasteiger partial charge in [-0.15, -0.1) is 11.8 Å². The smallest absolute Gasteiger partial charge is 0.119 e. The van der Waals surface area contributed by atoms with Crippen LogP contribution >= 0.6 is 11.8 Å². The molecule has 2 nitrogen and oxygen atoms in total. The van der Waals surface area contributed by atoms with Gasteiger partial charge in [0, 0.05) is 17.2 Å². The highest BCUT2D eigenvalue weighted by molar-refractivity contribution is 7.99. The Labute approximate surface area is 95.7 Å². The van der Waals surface area contributed by atoms with Gasteiger partial charge in [0.05, 0.1) is 7.11 Å². The second-order valence-corrected chi connectivity index (χ2v) is 4.30. The van der Waals surface area contributed by atoms with Crippen LogP contribution in [0.4, 0.5) is 0 Å². The van der Waals surface area contributed by atoms with Crippen molar-refractivity contribution in [3.63, 3.8) is 0 Å². The molecule has 0 heterocycles. The first-order chi connectivity index (χ1) is 7.26. The third-order valence-corrected chi connectivity index (χ3v) is 3.05. The van der Waals surface area contributed by atoms with E-state index < -0.39 is 0 Å². The van der Waals surface area contributed by atoms with Crippen LogP contribution in [0.1, 0.15) is 0 Å². The van der Waals surface area contributed by atoms with Crippen LogP contribution in [0.2, 0.25) is 0 Å². The molecule has 15 heavy (non-hydrogen) atoms. The molecular weight excluding hydrogens is 206 g/mol. The maximum atomic E-state index is 5.16. The number of likely N-dealkylation sites (N-methyl/N-ethyl adjacent to an activating group) is 1. The van der Waals surface area contributed by atoms with Crippen LogP contribution in [0.5, 0.6) is 5.75 Å². The highest BCUT2D eigenvalue weighted by Crippen LogP contribution is 2.23. The summed E-state index contributed by atoms with van der Waals surface area (Å²) >= 11 is 1.78. The SMILES string of the molecule is C=C(CNC)CSc1cccc(OC)c1. The Morgan fingerprint density at radius 2 is 2.33 bits per heavy atom. The van der Waals surface area contributed by atoms with Crippen molar-refractivity contribution in [2.24, 2.45) is 0 Å². The zero-order valence-electron chi connectivity index (χ0n) is 9.25. The van der Waals surface area contributed by atoms with Gasteiger partial charge in [0.25, 0.3) is 0 Å². The number of ether oxygens (including phenoxy) is 1. The molecule has 0 aliphatic rings. The minimum Gasteiger partial charge on any atom is -0.497 e. The van der Waals surface area contributed by atoms with Crippen molar-refractivity contribution < 1.29 is 4.74 Å². The molecule has 1 aromatic carbocycles. The maximum absolute atomic E-state index is 5.16. The molecule has 0 fully saturated rings. The van der Waals surface area contributed by atoms with Gasteiger partial charge in [-0.2, -0.15) is 0 Å². The van der Waals surface area contributed by atoms with E-state index in [2.05, 4.69) is 18.0 Å². The lowest BCUT2D eigenvalue weighted by atomic mass is 10.3. The van der Waals surface area contributed by atoms with Crippen LogP contribution in [0, 0.1) is 0 Å². The molecule has 0 saturated carbocycles. The Kier molecular flexibility index (Phi) is 5.29. The Morgan fingerprint density at radius 1 is 1.53 bits per heavy atom. The fraction of sp³-hybridized carbons (Fsp3) is 0.333. The van der Waals surface area contributed by atoms with E-state index in [1.165, 1.54) is 10.5 Å². The van der Waals surface area contributed by atoms with Crippen molar-refractivity contribution in [3.05, 3.63) is 36.4 Å². The van der Waals surface area contributed by atoms with E-state index in [0.29, 0.717) is 0 Å². The molecule has 0 unspecified atom stereocenters. The zero-order valence-corrected chi connectivity index (χ0v) is 10.1. The summed E-state index contributed by atoms with van der Waals surface area (Å²) in [6.45, 7) is 4.86. The quantitative estimate of drug-likeness (QED) is 0.591. The second-order valence-electron chi connectivity index (χ2n) is 3.25. The molecule has 1 aromatic rings. The van der Waals surface area contributed by atoms with Gasteiger partial charge < -0.3 is 10.1 Å². The van der Waals surface area contributed by atoms with Crippen LogP contribution in [-0.4, -0.2) is 26.5 Å². The molecule has 0 amide bonds. The van der Waals surface area contributed by atoms with Crippen LogP contribution in [-0.2, 0) is 0 Å². The van der Waals surface area contributed by atoms with Crippen LogP contribution in [0.25, 0.3) is 0 Å². The first-order valence-electron chi connectivity index (χ1n) is 4.84. The summed E-state index contributed by atoms with van der Waals surface area (Å²) in [6.07, 6.45) is 0. The van der Waals surface area contributed by atoms with Crippen LogP contribution < -0.4 is 10.1 Å². The lowest BCUT2D eigenvalue weighted by Crippen LogP contribution is -2.10. The monoisotopic (exact) mass is 223 g/mol. The largest absolute Gasteiger partial charge is 0.497 e. The summed E-state index contributed by atoms with van der Waals surface area (Å²) < 4.78 is 5.16. The average Bonchev–Trinajstić information content (AvgIpc) is 2.27. The van der Waals surface area contributed by atoms with E-state index in [4.69, 9.17) is 4.74 Å². The number of hydrogen-bond acceptors (Lipinski definition) is 3. The number of rotatable bonds is 6. The van der Waals surface area contributed by atoms with Crippen molar-refractivity contribution in [3.8, 4) is 5.75 Å². The van der Waals surface area contributed by atoms with E-state index >= 15 is 0 Å². The van der Waals surface area contributed by atoms with Gasteiger partial charge in [0.15, 0.2) is 0 Å². The molecule has 0 bridgehead atoms. The summed E-state index contributed by atoms with van der Waals surface area (Å²) in [5.41, 5.74) is 1.20. The van der Waals surface area contributed by atoms with Crippen molar-refractivity contribution >= 4 is 11.8 Å². The number of methoxy groups -OCH3 is 1. The Hall–Kier alpha value is -0.930. The molecule has 0 aliphatic heterocycles. The Balaban J connectivity index is 2.46. The molecule has 3 heteroatoms. The minimum absolute atomic E-state index is 0.872. The van der Waals surface area contributed by atoms with E-state index in [9.17, 15) is 0 Å². The normalized spacial score (nSPS) is 10.0.